The minimum absolute atomic E-state index is 0.0317. The van der Waals surface area contributed by atoms with Gasteiger partial charge in [-0.15, -0.1) is 0 Å². The maximum Gasteiger partial charge on any atom is 0.268 e. The molecule has 27 heavy (non-hydrogen) atoms. The zero-order valence-electron chi connectivity index (χ0n) is 16.2. The van der Waals surface area contributed by atoms with Crippen LogP contribution in [0.25, 0.3) is 0 Å². The van der Waals surface area contributed by atoms with E-state index in [1.165, 1.54) is 12.5 Å². The largest absolute Gasteiger partial charge is 0.379 e. The standard InChI is InChI=1S/C21H27N3O3/c1-14-19(16(3)25)15(2)23-20(14)21(26)22-13-18(17-7-5-4-6-8-17)24-9-11-27-12-10-24/h4-8,18,23H,9-13H2,1-3H3,(H,22,26)/t18-/m1/s1. The van der Waals surface area contributed by atoms with Crippen molar-refractivity contribution in [2.45, 2.75) is 26.8 Å². The quantitative estimate of drug-likeness (QED) is 0.768. The highest BCUT2D eigenvalue weighted by atomic mass is 16.5. The Hall–Kier alpha value is -2.44. The van der Waals surface area contributed by atoms with Crippen molar-refractivity contribution in [1.82, 2.24) is 15.2 Å². The molecule has 6 heteroatoms. The number of aromatic amines is 1. The Morgan fingerprint density at radius 3 is 2.44 bits per heavy atom. The maximum absolute atomic E-state index is 12.8. The number of nitrogens with zero attached hydrogens (tertiary/aromatic N) is 1. The van der Waals surface area contributed by atoms with E-state index in [0.717, 1.165) is 18.8 Å². The summed E-state index contributed by atoms with van der Waals surface area (Å²) in [7, 11) is 0. The molecule has 2 aromatic rings. The molecule has 0 saturated carbocycles. The average Bonchev–Trinajstić information content (AvgIpc) is 2.98. The van der Waals surface area contributed by atoms with Crippen LogP contribution in [0.2, 0.25) is 0 Å². The molecule has 144 valence electrons. The lowest BCUT2D eigenvalue weighted by Crippen LogP contribution is -2.44. The lowest BCUT2D eigenvalue weighted by molar-refractivity contribution is 0.0162. The van der Waals surface area contributed by atoms with Gasteiger partial charge in [-0.3, -0.25) is 14.5 Å². The fourth-order valence-corrected chi connectivity index (χ4v) is 3.81. The van der Waals surface area contributed by atoms with Gasteiger partial charge < -0.3 is 15.0 Å². The Bertz CT molecular complexity index is 808. The van der Waals surface area contributed by atoms with Gasteiger partial charge >= 0.3 is 0 Å². The van der Waals surface area contributed by atoms with Crippen molar-refractivity contribution >= 4 is 11.7 Å². The molecule has 0 aliphatic carbocycles. The van der Waals surface area contributed by atoms with Crippen molar-refractivity contribution in [3.8, 4) is 0 Å². The lowest BCUT2D eigenvalue weighted by Gasteiger charge is -2.34. The summed E-state index contributed by atoms with van der Waals surface area (Å²) in [5.74, 6) is -0.215. The molecule has 1 saturated heterocycles. The number of nitrogens with one attached hydrogen (secondary N) is 2. The predicted octanol–water partition coefficient (Wildman–Crippen LogP) is 2.64. The highest BCUT2D eigenvalue weighted by Crippen LogP contribution is 2.22. The summed E-state index contributed by atoms with van der Waals surface area (Å²) in [6.45, 7) is 8.73. The third-order valence-electron chi connectivity index (χ3n) is 5.14. The number of aryl methyl sites for hydroxylation is 1. The summed E-state index contributed by atoms with van der Waals surface area (Å²) >= 11 is 0. The second-order valence-electron chi connectivity index (χ2n) is 6.97. The first kappa shape index (κ1) is 19.3. The summed E-state index contributed by atoms with van der Waals surface area (Å²) in [5, 5.41) is 3.05. The van der Waals surface area contributed by atoms with E-state index in [-0.39, 0.29) is 17.7 Å². The van der Waals surface area contributed by atoms with Crippen LogP contribution in [0.5, 0.6) is 0 Å². The molecule has 1 aliphatic rings. The van der Waals surface area contributed by atoms with Gasteiger partial charge in [0.25, 0.3) is 5.91 Å². The van der Waals surface area contributed by atoms with Gasteiger partial charge in [0.2, 0.25) is 0 Å². The van der Waals surface area contributed by atoms with Crippen LogP contribution < -0.4 is 5.32 Å². The van der Waals surface area contributed by atoms with E-state index in [9.17, 15) is 9.59 Å². The van der Waals surface area contributed by atoms with Crippen molar-refractivity contribution in [3.05, 3.63) is 58.4 Å². The van der Waals surface area contributed by atoms with Crippen LogP contribution in [0.15, 0.2) is 30.3 Å². The summed E-state index contributed by atoms with van der Waals surface area (Å²) in [4.78, 5) is 30.0. The number of aromatic nitrogens is 1. The maximum atomic E-state index is 12.8. The Morgan fingerprint density at radius 1 is 1.19 bits per heavy atom. The van der Waals surface area contributed by atoms with Crippen LogP contribution in [-0.4, -0.2) is 54.4 Å². The number of hydrogen-bond donors (Lipinski definition) is 2. The molecule has 3 rings (SSSR count). The van der Waals surface area contributed by atoms with E-state index in [1.54, 1.807) is 0 Å². The van der Waals surface area contributed by atoms with Crippen molar-refractivity contribution in [2.75, 3.05) is 32.8 Å². The normalized spacial score (nSPS) is 16.1. The number of amides is 1. The first-order chi connectivity index (χ1) is 13.0. The molecule has 6 nitrogen and oxygen atoms in total. The summed E-state index contributed by atoms with van der Waals surface area (Å²) < 4.78 is 5.47. The predicted molar refractivity (Wildman–Crippen MR) is 104 cm³/mol. The van der Waals surface area contributed by atoms with Crippen LogP contribution in [0, 0.1) is 13.8 Å². The molecule has 2 N–H and O–H groups in total. The smallest absolute Gasteiger partial charge is 0.268 e. The lowest BCUT2D eigenvalue weighted by atomic mass is 10.0. The monoisotopic (exact) mass is 369 g/mol. The molecule has 1 fully saturated rings. The number of rotatable bonds is 6. The molecule has 0 spiro atoms. The van der Waals surface area contributed by atoms with Crippen LogP contribution in [0.1, 0.15) is 50.6 Å². The Labute approximate surface area is 159 Å². The molecule has 1 aromatic heterocycles. The molecular formula is C21H27N3O3. The molecule has 1 amide bonds. The van der Waals surface area contributed by atoms with Gasteiger partial charge in [0.1, 0.15) is 5.69 Å². The zero-order valence-corrected chi connectivity index (χ0v) is 16.2. The van der Waals surface area contributed by atoms with Crippen molar-refractivity contribution in [1.29, 1.82) is 0 Å². The van der Waals surface area contributed by atoms with E-state index in [4.69, 9.17) is 4.74 Å². The van der Waals surface area contributed by atoms with E-state index >= 15 is 0 Å². The number of benzene rings is 1. The summed E-state index contributed by atoms with van der Waals surface area (Å²) in [5.41, 5.74) is 3.68. The van der Waals surface area contributed by atoms with Crippen LogP contribution >= 0.6 is 0 Å². The zero-order chi connectivity index (χ0) is 19.4. The van der Waals surface area contributed by atoms with Gasteiger partial charge in [0, 0.05) is 30.9 Å². The minimum Gasteiger partial charge on any atom is -0.379 e. The topological polar surface area (TPSA) is 74.4 Å². The molecule has 2 heterocycles. The Morgan fingerprint density at radius 2 is 1.85 bits per heavy atom. The average molecular weight is 369 g/mol. The van der Waals surface area contributed by atoms with Gasteiger partial charge in [0.05, 0.1) is 19.3 Å². The van der Waals surface area contributed by atoms with Gasteiger partial charge in [-0.05, 0) is 31.9 Å². The number of hydrogen-bond acceptors (Lipinski definition) is 4. The first-order valence-corrected chi connectivity index (χ1v) is 9.34. The van der Waals surface area contributed by atoms with Crippen LogP contribution in [-0.2, 0) is 4.74 Å². The molecule has 1 aliphatic heterocycles. The molecule has 0 bridgehead atoms. The SMILES string of the molecule is CC(=O)c1c(C)[nH]c(C(=O)NC[C@H](c2ccccc2)N2CCOCC2)c1C. The number of H-pyrrole nitrogens is 1. The van der Waals surface area contributed by atoms with Crippen molar-refractivity contribution < 1.29 is 14.3 Å². The number of morpholine rings is 1. The van der Waals surface area contributed by atoms with E-state index in [0.29, 0.717) is 36.6 Å². The Balaban J connectivity index is 1.76. The Kier molecular flexibility index (Phi) is 6.08. The van der Waals surface area contributed by atoms with Gasteiger partial charge in [-0.1, -0.05) is 30.3 Å². The van der Waals surface area contributed by atoms with Crippen molar-refractivity contribution in [3.63, 3.8) is 0 Å². The second-order valence-corrected chi connectivity index (χ2v) is 6.97. The molecular weight excluding hydrogens is 342 g/mol. The first-order valence-electron chi connectivity index (χ1n) is 9.34. The highest BCUT2D eigenvalue weighted by molar-refractivity contribution is 6.02. The summed E-state index contributed by atoms with van der Waals surface area (Å²) in [6, 6.07) is 10.3. The number of carbonyl (C=O) groups excluding carboxylic acids is 2. The minimum atomic E-state index is -0.183. The molecule has 1 aromatic carbocycles. The van der Waals surface area contributed by atoms with E-state index in [1.807, 2.05) is 32.0 Å². The van der Waals surface area contributed by atoms with Crippen molar-refractivity contribution in [2.24, 2.45) is 0 Å². The van der Waals surface area contributed by atoms with Gasteiger partial charge in [-0.2, -0.15) is 0 Å². The van der Waals surface area contributed by atoms with Gasteiger partial charge in [0.15, 0.2) is 5.78 Å². The fraction of sp³-hybridized carbons (Fsp3) is 0.429. The molecule has 0 radical (unpaired) electrons. The highest BCUT2D eigenvalue weighted by Gasteiger charge is 2.25. The van der Waals surface area contributed by atoms with Gasteiger partial charge in [-0.25, -0.2) is 0 Å². The van der Waals surface area contributed by atoms with Crippen LogP contribution in [0.4, 0.5) is 0 Å². The molecule has 0 unspecified atom stereocenters. The van der Waals surface area contributed by atoms with E-state index < -0.39 is 0 Å². The van der Waals surface area contributed by atoms with Crippen LogP contribution in [0.3, 0.4) is 0 Å². The third kappa shape index (κ3) is 4.28. The second kappa shape index (κ2) is 8.50. The number of Topliss-reactive ketones (excluding diaryl/α,β-unsaturated/α-hetero) is 1. The summed E-state index contributed by atoms with van der Waals surface area (Å²) in [6.07, 6.45) is 0. The van der Waals surface area contributed by atoms with E-state index in [2.05, 4.69) is 27.3 Å². The fourth-order valence-electron chi connectivity index (χ4n) is 3.81. The third-order valence-corrected chi connectivity index (χ3v) is 5.14. The number of ketones is 1. The number of carbonyl (C=O) groups is 2. The molecule has 1 atom stereocenters. The number of ether oxygens (including phenoxy) is 1.